The van der Waals surface area contributed by atoms with Gasteiger partial charge in [-0.25, -0.2) is 4.79 Å². The van der Waals surface area contributed by atoms with E-state index in [1.165, 1.54) is 0 Å². The first-order chi connectivity index (χ1) is 17.8. The van der Waals surface area contributed by atoms with Gasteiger partial charge >= 0.3 is 6.09 Å². The third-order valence-electron chi connectivity index (χ3n) is 6.70. The van der Waals surface area contributed by atoms with Crippen molar-refractivity contribution < 1.29 is 19.4 Å². The van der Waals surface area contributed by atoms with Crippen LogP contribution in [0.5, 0.6) is 0 Å². The van der Waals surface area contributed by atoms with Crippen molar-refractivity contribution in [2.45, 2.75) is 71.6 Å². The largest absolute Gasteiger partial charge is 0.446 e. The van der Waals surface area contributed by atoms with Crippen LogP contribution in [0.2, 0.25) is 0 Å². The topological polar surface area (TPSA) is 122 Å². The van der Waals surface area contributed by atoms with Gasteiger partial charge in [0.15, 0.2) is 5.82 Å². The van der Waals surface area contributed by atoms with Crippen LogP contribution in [0, 0.1) is 0 Å². The normalized spacial score (nSPS) is 16.8. The van der Waals surface area contributed by atoms with E-state index in [1.54, 1.807) is 37.1 Å². The Kier molecular flexibility index (Phi) is 7.55. The van der Waals surface area contributed by atoms with Crippen molar-refractivity contribution in [3.05, 3.63) is 71.2 Å². The zero-order valence-corrected chi connectivity index (χ0v) is 22.7. The van der Waals surface area contributed by atoms with Gasteiger partial charge in [-0.3, -0.25) is 9.78 Å². The first kappa shape index (κ1) is 27.3. The molecule has 0 atom stereocenters. The van der Waals surface area contributed by atoms with Gasteiger partial charge in [-0.05, 0) is 76.3 Å². The number of fused-ring (bicyclic) bond motifs is 2. The fourth-order valence-electron chi connectivity index (χ4n) is 4.58. The molecule has 0 spiro atoms. The van der Waals surface area contributed by atoms with Crippen LogP contribution in [0.3, 0.4) is 0 Å². The first-order valence-corrected chi connectivity index (χ1v) is 12.8. The highest BCUT2D eigenvalue weighted by atomic mass is 16.6. The van der Waals surface area contributed by atoms with E-state index in [2.05, 4.69) is 45.5 Å². The molecule has 2 aliphatic rings. The molecule has 4 heterocycles. The summed E-state index contributed by atoms with van der Waals surface area (Å²) in [5, 5.41) is 21.2. The highest BCUT2D eigenvalue weighted by molar-refractivity contribution is 5.94. The lowest BCUT2D eigenvalue weighted by molar-refractivity contribution is -0.00487. The molecule has 10 heteroatoms. The van der Waals surface area contributed by atoms with Gasteiger partial charge < -0.3 is 24.6 Å². The molecule has 2 N–H and O–H groups in total. The fourth-order valence-corrected chi connectivity index (χ4v) is 4.58. The number of nitrogens with one attached hydrogen (secondary N) is 1. The molecule has 10 nitrogen and oxygen atoms in total. The van der Waals surface area contributed by atoms with E-state index in [0.717, 1.165) is 41.2 Å². The highest BCUT2D eigenvalue weighted by Crippen LogP contribution is 2.33. The third-order valence-corrected chi connectivity index (χ3v) is 6.70. The van der Waals surface area contributed by atoms with Crippen molar-refractivity contribution in [1.29, 1.82) is 0 Å². The van der Waals surface area contributed by atoms with Crippen LogP contribution in [0.1, 0.15) is 74.3 Å². The molecular formula is C28H36N6O4. The van der Waals surface area contributed by atoms with Crippen molar-refractivity contribution in [2.24, 2.45) is 0 Å². The number of carbonyl (C=O) groups excluding carboxylic acids is 2. The van der Waals surface area contributed by atoms with Gasteiger partial charge in [-0.1, -0.05) is 18.7 Å². The molecule has 2 aromatic rings. The van der Waals surface area contributed by atoms with Crippen LogP contribution in [0.4, 0.5) is 4.79 Å². The third kappa shape index (κ3) is 6.19. The maximum Gasteiger partial charge on any atom is 0.410 e. The number of allylic oxidation sites excluding steroid dienone is 4. The zero-order valence-electron chi connectivity index (χ0n) is 22.7. The average Bonchev–Trinajstić information content (AvgIpc) is 3.42. The molecule has 0 radical (unpaired) electrons. The van der Waals surface area contributed by atoms with E-state index in [1.807, 2.05) is 19.1 Å². The molecular weight excluding hydrogens is 484 g/mol. The molecule has 38 heavy (non-hydrogen) atoms. The van der Waals surface area contributed by atoms with Gasteiger partial charge in [-0.2, -0.15) is 0 Å². The lowest BCUT2D eigenvalue weighted by atomic mass is 10.0. The minimum absolute atomic E-state index is 0.0138. The Labute approximate surface area is 223 Å². The van der Waals surface area contributed by atoms with E-state index in [-0.39, 0.29) is 23.7 Å². The Morgan fingerprint density at radius 3 is 2.76 bits per heavy atom. The van der Waals surface area contributed by atoms with Gasteiger partial charge in [0.05, 0.1) is 5.60 Å². The molecule has 4 rings (SSSR count). The number of rotatable bonds is 7. The van der Waals surface area contributed by atoms with Gasteiger partial charge in [0.1, 0.15) is 18.1 Å². The minimum atomic E-state index is -1.10. The maximum absolute atomic E-state index is 12.8. The first-order valence-electron chi connectivity index (χ1n) is 12.8. The predicted molar refractivity (Wildman–Crippen MR) is 143 cm³/mol. The molecule has 2 aromatic heterocycles. The Balaban J connectivity index is 1.36. The molecule has 2 amide bonds. The van der Waals surface area contributed by atoms with Crippen LogP contribution in [0.15, 0.2) is 42.8 Å². The van der Waals surface area contributed by atoms with Gasteiger partial charge in [-0.15, -0.1) is 10.2 Å². The number of nitrogens with zero attached hydrogens (tertiary/aromatic N) is 5. The smallest absolute Gasteiger partial charge is 0.410 e. The fraction of sp³-hybridized carbons (Fsp3) is 0.464. The second-order valence-electron chi connectivity index (χ2n) is 11.2. The second-order valence-corrected chi connectivity index (χ2v) is 11.2. The summed E-state index contributed by atoms with van der Waals surface area (Å²) in [6.07, 6.45) is 9.20. The van der Waals surface area contributed by atoms with Crippen molar-refractivity contribution in [3.8, 4) is 0 Å². The van der Waals surface area contributed by atoms with Crippen LogP contribution < -0.4 is 5.32 Å². The molecule has 0 saturated heterocycles. The van der Waals surface area contributed by atoms with Crippen molar-refractivity contribution in [1.82, 2.24) is 30.0 Å². The predicted octanol–water partition coefficient (Wildman–Crippen LogP) is 3.52. The SMILES string of the molecule is C=C(/C=C\C=C(/C)c1nnc2n1C(C)(C)CC2)NC(=O)c1cc2c(cn1)CCN(C(=O)OCC(C)(C)O)C2. The van der Waals surface area contributed by atoms with Gasteiger partial charge in [0.25, 0.3) is 5.91 Å². The Hall–Kier alpha value is -3.79. The summed E-state index contributed by atoms with van der Waals surface area (Å²) in [5.74, 6) is 1.46. The van der Waals surface area contributed by atoms with Crippen LogP contribution in [0.25, 0.3) is 5.57 Å². The van der Waals surface area contributed by atoms with Crippen LogP contribution in [-0.2, 0) is 29.7 Å². The summed E-state index contributed by atoms with van der Waals surface area (Å²) in [5.41, 5.74) is 2.32. The lowest BCUT2D eigenvalue weighted by Gasteiger charge is -2.29. The Bertz CT molecular complexity index is 1320. The maximum atomic E-state index is 12.8. The number of carbonyl (C=O) groups is 2. The van der Waals surface area contributed by atoms with Crippen LogP contribution in [-0.4, -0.2) is 60.5 Å². The Morgan fingerprint density at radius 2 is 2.03 bits per heavy atom. The molecule has 0 aliphatic carbocycles. The van der Waals surface area contributed by atoms with E-state index >= 15 is 0 Å². The molecule has 2 aliphatic heterocycles. The number of pyridine rings is 1. The summed E-state index contributed by atoms with van der Waals surface area (Å²) in [6, 6.07) is 1.69. The standard InChI is InChI=1S/C28H36N6O4/c1-18(24-32-31-23-10-12-27(3,4)34(23)24)8-7-9-19(2)30-25(35)22-14-21-16-33(13-11-20(21)15-29-22)26(36)38-17-28(5,6)37/h7-9,14-15,37H,2,10-13,16-17H2,1,3-6H3,(H,30,35)/b9-7-,18-8+. The van der Waals surface area contributed by atoms with Gasteiger partial charge in [0, 0.05) is 36.9 Å². The molecule has 0 bridgehead atoms. The lowest BCUT2D eigenvalue weighted by Crippen LogP contribution is -2.39. The van der Waals surface area contributed by atoms with Crippen molar-refractivity contribution >= 4 is 17.6 Å². The van der Waals surface area contributed by atoms with Crippen molar-refractivity contribution in [3.63, 3.8) is 0 Å². The molecule has 202 valence electrons. The average molecular weight is 521 g/mol. The minimum Gasteiger partial charge on any atom is -0.446 e. The summed E-state index contributed by atoms with van der Waals surface area (Å²) in [4.78, 5) is 31.1. The number of aryl methyl sites for hydroxylation is 1. The number of aliphatic hydroxyl groups is 1. The Morgan fingerprint density at radius 1 is 1.26 bits per heavy atom. The highest BCUT2D eigenvalue weighted by Gasteiger charge is 2.33. The number of hydrogen-bond acceptors (Lipinski definition) is 7. The molecule has 0 saturated carbocycles. The monoisotopic (exact) mass is 520 g/mol. The second kappa shape index (κ2) is 10.5. The van der Waals surface area contributed by atoms with E-state index in [9.17, 15) is 14.7 Å². The molecule has 0 fully saturated rings. The van der Waals surface area contributed by atoms with E-state index in [4.69, 9.17) is 4.74 Å². The van der Waals surface area contributed by atoms with Crippen molar-refractivity contribution in [2.75, 3.05) is 13.2 Å². The molecule has 0 unspecified atom stereocenters. The summed E-state index contributed by atoms with van der Waals surface area (Å²) >= 11 is 0. The van der Waals surface area contributed by atoms with Gasteiger partial charge in [0.2, 0.25) is 0 Å². The summed E-state index contributed by atoms with van der Waals surface area (Å²) in [6.45, 7) is 14.1. The number of ether oxygens (including phenoxy) is 1. The summed E-state index contributed by atoms with van der Waals surface area (Å²) < 4.78 is 7.40. The number of amides is 2. The quantitative estimate of drug-likeness (QED) is 0.536. The van der Waals surface area contributed by atoms with E-state index in [0.29, 0.717) is 25.2 Å². The molecule has 0 aromatic carbocycles. The number of hydrogen-bond donors (Lipinski definition) is 2. The number of aromatic nitrogens is 4. The van der Waals surface area contributed by atoms with Crippen LogP contribution >= 0.6 is 0 Å². The van der Waals surface area contributed by atoms with E-state index < -0.39 is 11.7 Å². The summed E-state index contributed by atoms with van der Waals surface area (Å²) in [7, 11) is 0. The zero-order chi connectivity index (χ0) is 27.7.